The maximum Gasteiger partial charge on any atom is 4.00 e. The van der Waals surface area contributed by atoms with E-state index in [9.17, 15) is 9.59 Å². The van der Waals surface area contributed by atoms with Crippen LogP contribution in [-0.4, -0.2) is 11.9 Å². The topological polar surface area (TPSA) is 100 Å². The van der Waals surface area contributed by atoms with Crippen LogP contribution in [-0.2, 0) is 47.0 Å². The van der Waals surface area contributed by atoms with Crippen LogP contribution in [0.1, 0.15) is 0 Å². The Labute approximate surface area is 71.5 Å². The van der Waals surface area contributed by atoms with Gasteiger partial charge in [-0.1, -0.05) is 0 Å². The maximum atomic E-state index is 9.92. The van der Waals surface area contributed by atoms with Crippen LogP contribution in [0.4, 0.5) is 0 Å². The second-order valence-electron chi connectivity index (χ2n) is 1.07. The van der Waals surface area contributed by atoms with Gasteiger partial charge >= 0.3 is 33.7 Å². The molecule has 6 heteroatoms. The molecule has 0 saturated heterocycles. The predicted octanol–water partition coefficient (Wildman–Crippen LogP) is -0.614. The third-order valence-corrected chi connectivity index (χ3v) is 0.557. The van der Waals surface area contributed by atoms with Crippen molar-refractivity contribution in [3.05, 3.63) is 12.2 Å². The van der Waals surface area contributed by atoms with Gasteiger partial charge in [0.2, 0.25) is 0 Å². The van der Waals surface area contributed by atoms with Crippen molar-refractivity contribution >= 4 is 11.9 Å². The molecule has 0 amide bonds. The SMILES string of the molecule is O=C1C=CC(=O)O1.[O-2].[O-2].[Ti+4]. The Bertz CT molecular complexity index is 136. The van der Waals surface area contributed by atoms with Gasteiger partial charge in [-0.05, 0) is 0 Å². The van der Waals surface area contributed by atoms with Gasteiger partial charge in [0.05, 0.1) is 0 Å². The zero-order valence-electron chi connectivity index (χ0n) is 4.70. The molecule has 1 aliphatic rings. The first-order valence-corrected chi connectivity index (χ1v) is 1.73. The molecular formula is C4H2O5Ti. The first-order chi connectivity index (χ1) is 3.29. The second-order valence-corrected chi connectivity index (χ2v) is 1.07. The van der Waals surface area contributed by atoms with Crippen molar-refractivity contribution in [3.8, 4) is 0 Å². The molecule has 1 aliphatic heterocycles. The van der Waals surface area contributed by atoms with Crippen LogP contribution in [0.3, 0.4) is 0 Å². The summed E-state index contributed by atoms with van der Waals surface area (Å²) in [4.78, 5) is 19.8. The third kappa shape index (κ3) is 4.40. The second kappa shape index (κ2) is 6.63. The first-order valence-electron chi connectivity index (χ1n) is 1.73. The molecule has 1 rings (SSSR count). The third-order valence-electron chi connectivity index (χ3n) is 0.557. The Hall–Kier alpha value is -0.486. The Morgan fingerprint density at radius 3 is 1.40 bits per heavy atom. The number of carbonyl (C=O) groups is 2. The number of hydrogen-bond donors (Lipinski definition) is 0. The molecule has 0 bridgehead atoms. The molecule has 0 radical (unpaired) electrons. The van der Waals surface area contributed by atoms with E-state index in [-0.39, 0.29) is 32.7 Å². The van der Waals surface area contributed by atoms with Gasteiger partial charge in [-0.15, -0.1) is 0 Å². The van der Waals surface area contributed by atoms with Crippen LogP contribution in [0.15, 0.2) is 12.2 Å². The minimum absolute atomic E-state index is 0. The van der Waals surface area contributed by atoms with E-state index in [1.165, 1.54) is 0 Å². The van der Waals surface area contributed by atoms with Crippen LogP contribution in [0.25, 0.3) is 0 Å². The summed E-state index contributed by atoms with van der Waals surface area (Å²) in [5.74, 6) is -1.16. The number of esters is 2. The van der Waals surface area contributed by atoms with E-state index in [1.807, 2.05) is 0 Å². The molecule has 0 unspecified atom stereocenters. The summed E-state index contributed by atoms with van der Waals surface area (Å²) >= 11 is 0. The number of carbonyl (C=O) groups excluding carboxylic acids is 2. The Morgan fingerprint density at radius 1 is 1.00 bits per heavy atom. The summed E-state index contributed by atoms with van der Waals surface area (Å²) in [6.07, 6.45) is 2.17. The minimum Gasteiger partial charge on any atom is -2.00 e. The molecule has 0 aliphatic carbocycles. The standard InChI is InChI=1S/C4H2O3.2O.Ti/c5-3-1-2-4(6)7-3;;;/h1-2H;;;/q;2*-2;+4. The largest absolute Gasteiger partial charge is 4.00 e. The summed E-state index contributed by atoms with van der Waals surface area (Å²) in [6.45, 7) is 0. The molecule has 0 aromatic heterocycles. The van der Waals surface area contributed by atoms with Crippen LogP contribution in [0, 0.1) is 0 Å². The summed E-state index contributed by atoms with van der Waals surface area (Å²) in [5, 5.41) is 0. The van der Waals surface area contributed by atoms with Crippen molar-refractivity contribution in [2.24, 2.45) is 0 Å². The molecule has 10 heavy (non-hydrogen) atoms. The van der Waals surface area contributed by atoms with Gasteiger partial charge in [0.25, 0.3) is 0 Å². The van der Waals surface area contributed by atoms with Crippen molar-refractivity contribution in [3.63, 3.8) is 0 Å². The van der Waals surface area contributed by atoms with Crippen LogP contribution in [0.5, 0.6) is 0 Å². The van der Waals surface area contributed by atoms with Gasteiger partial charge in [-0.3, -0.25) is 0 Å². The fraction of sp³-hybridized carbons (Fsp3) is 0. The van der Waals surface area contributed by atoms with Crippen LogP contribution >= 0.6 is 0 Å². The summed E-state index contributed by atoms with van der Waals surface area (Å²) in [5.41, 5.74) is 0. The molecule has 0 spiro atoms. The van der Waals surface area contributed by atoms with Crippen molar-refractivity contribution < 1.29 is 47.0 Å². The van der Waals surface area contributed by atoms with Gasteiger partial charge in [-0.25, -0.2) is 9.59 Å². The monoisotopic (exact) mass is 178 g/mol. The van der Waals surface area contributed by atoms with Gasteiger partial charge in [0.15, 0.2) is 0 Å². The van der Waals surface area contributed by atoms with Gasteiger partial charge in [-0.2, -0.15) is 0 Å². The van der Waals surface area contributed by atoms with E-state index >= 15 is 0 Å². The molecule has 5 nitrogen and oxygen atoms in total. The number of ether oxygens (including phenoxy) is 1. The number of hydrogen-bond acceptors (Lipinski definition) is 3. The molecule has 0 atom stereocenters. The van der Waals surface area contributed by atoms with Gasteiger partial charge in [0.1, 0.15) is 0 Å². The Balaban J connectivity index is -0.000000163. The Morgan fingerprint density at radius 2 is 1.30 bits per heavy atom. The average Bonchev–Trinajstić information content (AvgIpc) is 1.87. The normalized spacial score (nSPS) is 12.4. The van der Waals surface area contributed by atoms with Crippen molar-refractivity contribution in [2.45, 2.75) is 0 Å². The summed E-state index contributed by atoms with van der Waals surface area (Å²) in [6, 6.07) is 0. The smallest absolute Gasteiger partial charge is 2.00 e. The molecule has 0 aromatic rings. The molecular weight excluding hydrogens is 176 g/mol. The van der Waals surface area contributed by atoms with E-state index in [1.54, 1.807) is 0 Å². The molecule has 0 N–H and O–H groups in total. The van der Waals surface area contributed by atoms with Crippen LogP contribution < -0.4 is 0 Å². The number of rotatable bonds is 0. The minimum atomic E-state index is -0.579. The van der Waals surface area contributed by atoms with Crippen molar-refractivity contribution in [1.29, 1.82) is 0 Å². The van der Waals surface area contributed by atoms with E-state index in [2.05, 4.69) is 4.74 Å². The number of cyclic esters (lactones) is 2. The van der Waals surface area contributed by atoms with Gasteiger partial charge < -0.3 is 15.7 Å². The predicted molar refractivity (Wildman–Crippen MR) is 21.6 cm³/mol. The summed E-state index contributed by atoms with van der Waals surface area (Å²) < 4.78 is 3.97. The molecule has 0 fully saturated rings. The zero-order valence-corrected chi connectivity index (χ0v) is 6.26. The average molecular weight is 178 g/mol. The van der Waals surface area contributed by atoms with Crippen molar-refractivity contribution in [1.82, 2.24) is 0 Å². The van der Waals surface area contributed by atoms with Crippen LogP contribution in [0.2, 0.25) is 0 Å². The van der Waals surface area contributed by atoms with E-state index < -0.39 is 11.9 Å². The van der Waals surface area contributed by atoms with E-state index in [0.29, 0.717) is 0 Å². The zero-order chi connectivity index (χ0) is 5.28. The fourth-order valence-corrected chi connectivity index (χ4v) is 0.303. The summed E-state index contributed by atoms with van der Waals surface area (Å²) in [7, 11) is 0. The first kappa shape index (κ1) is 16.3. The molecule has 0 saturated carbocycles. The fourth-order valence-electron chi connectivity index (χ4n) is 0.303. The van der Waals surface area contributed by atoms with E-state index in [4.69, 9.17) is 0 Å². The van der Waals surface area contributed by atoms with Crippen molar-refractivity contribution in [2.75, 3.05) is 0 Å². The molecule has 0 aromatic carbocycles. The quantitative estimate of drug-likeness (QED) is 0.280. The Kier molecular flexibility index (Phi) is 10.8. The van der Waals surface area contributed by atoms with E-state index in [0.717, 1.165) is 12.2 Å². The maximum absolute atomic E-state index is 9.92. The van der Waals surface area contributed by atoms with Gasteiger partial charge in [0, 0.05) is 12.2 Å². The molecule has 52 valence electrons. The molecule has 1 heterocycles.